The van der Waals surface area contributed by atoms with Crippen LogP contribution in [0.25, 0.3) is 10.9 Å². The molecule has 5 rings (SSSR count). The second-order valence-electron chi connectivity index (χ2n) is 18.6. The molecule has 1 saturated heterocycles. The molecule has 3 heterocycles. The molecule has 0 radical (unpaired) electrons. The average molecular weight is 1040 g/mol. The number of aromatic nitrogens is 4. The van der Waals surface area contributed by atoms with Gasteiger partial charge >= 0.3 is 0 Å². The number of unbranched alkanes of at least 4 members (excludes halogenated alkanes) is 1. The first kappa shape index (κ1) is 57.8. The number of aromatic amines is 1. The first-order valence-corrected chi connectivity index (χ1v) is 25.2. The van der Waals surface area contributed by atoms with E-state index >= 15 is 0 Å². The molecule has 6 atom stereocenters. The van der Waals surface area contributed by atoms with E-state index in [0.717, 1.165) is 4.57 Å². The van der Waals surface area contributed by atoms with Crippen molar-refractivity contribution in [2.75, 3.05) is 51.2 Å². The van der Waals surface area contributed by atoms with Crippen molar-refractivity contribution in [3.05, 3.63) is 82.9 Å². The maximum Gasteiger partial charge on any atom is 0.261 e. The van der Waals surface area contributed by atoms with Gasteiger partial charge in [0.25, 0.3) is 5.56 Å². The fourth-order valence-corrected chi connectivity index (χ4v) is 8.60. The van der Waals surface area contributed by atoms with Crippen molar-refractivity contribution < 1.29 is 38.7 Å². The standard InChI is InChI=1S/C50H72N16O9/c1-5-30(2)43(59-31(3)67)47(73)61-39(9-6-7-17-51)49(75)65-21-19-64(20-22-65)34-13-16-37-36(25-34)48(74)66(29-58-37)27-42(69)60-38(10-8-18-56-50(52)53)45(71)63-41(24-33-26-55-28-57-33)46(72)62-40(44(70)54-4)23-32-11-14-35(68)15-12-32/h11-16,25-26,28-30,38-41,43,68H,5-10,17-24,27,51H2,1-4H3,(H,54,70)(H,55,57)(H,59,67)(H,60,69)(H,61,73)(H,62,72)(H,63,71)(H4,52,53,56)/t30-,38-,39-,40?,41-,43-/m0/s1. The second kappa shape index (κ2) is 28.4. The molecule has 0 aliphatic carbocycles. The van der Waals surface area contributed by atoms with E-state index in [4.69, 9.17) is 16.9 Å². The summed E-state index contributed by atoms with van der Waals surface area (Å²) in [6.45, 7) is 6.66. The van der Waals surface area contributed by atoms with E-state index in [2.05, 4.69) is 52.2 Å². The summed E-state index contributed by atoms with van der Waals surface area (Å²) in [5.41, 5.74) is 12.8. The van der Waals surface area contributed by atoms with Crippen LogP contribution in [0.2, 0.25) is 0 Å². The first-order chi connectivity index (χ1) is 35.9. The molecule has 0 spiro atoms. The second-order valence-corrected chi connectivity index (χ2v) is 18.6. The Morgan fingerprint density at radius 1 is 0.813 bits per heavy atom. The number of nitrogens with zero attached hydrogens (tertiary/aromatic N) is 5. The van der Waals surface area contributed by atoms with E-state index < -0.39 is 71.8 Å². The van der Waals surface area contributed by atoms with E-state index in [9.17, 15) is 43.5 Å². The highest BCUT2D eigenvalue weighted by Crippen LogP contribution is 2.22. The molecule has 2 aromatic carbocycles. The predicted octanol–water partition coefficient (Wildman–Crippen LogP) is -1.41. The topological polar surface area (TPSA) is 370 Å². The van der Waals surface area contributed by atoms with Gasteiger partial charge in [-0.05, 0) is 80.5 Å². The number of rotatable bonds is 27. The lowest BCUT2D eigenvalue weighted by atomic mass is 9.97. The van der Waals surface area contributed by atoms with Crippen LogP contribution in [0.4, 0.5) is 5.69 Å². The lowest BCUT2D eigenvalue weighted by molar-refractivity contribution is -0.138. The van der Waals surface area contributed by atoms with Crippen molar-refractivity contribution in [1.82, 2.24) is 61.6 Å². The highest BCUT2D eigenvalue weighted by atomic mass is 16.3. The van der Waals surface area contributed by atoms with Crippen molar-refractivity contribution in [1.29, 1.82) is 5.41 Å². The van der Waals surface area contributed by atoms with Gasteiger partial charge in [0.1, 0.15) is 42.5 Å². The van der Waals surface area contributed by atoms with Gasteiger partial charge in [0.2, 0.25) is 41.4 Å². The number of hydrogen-bond donors (Lipinski definition) is 12. The Kier molecular flexibility index (Phi) is 21.9. The normalized spacial score (nSPS) is 14.8. The average Bonchev–Trinajstić information content (AvgIpc) is 3.92. The molecule has 1 aliphatic heterocycles. The van der Waals surface area contributed by atoms with E-state index in [0.29, 0.717) is 80.9 Å². The number of carbonyl (C=O) groups excluding carboxylic acids is 7. The summed E-state index contributed by atoms with van der Waals surface area (Å²) < 4.78 is 1.11. The largest absolute Gasteiger partial charge is 0.508 e. The summed E-state index contributed by atoms with van der Waals surface area (Å²) in [5.74, 6) is -4.15. The number of imidazole rings is 1. The molecular weight excluding hydrogens is 969 g/mol. The highest BCUT2D eigenvalue weighted by molar-refractivity contribution is 5.95. The van der Waals surface area contributed by atoms with Crippen molar-refractivity contribution in [3.63, 3.8) is 0 Å². The van der Waals surface area contributed by atoms with Crippen LogP contribution in [-0.2, 0) is 52.9 Å². The molecule has 75 heavy (non-hydrogen) atoms. The van der Waals surface area contributed by atoms with Crippen LogP contribution in [-0.4, -0.2) is 153 Å². The molecule has 25 nitrogen and oxygen atoms in total. The van der Waals surface area contributed by atoms with E-state index in [1.165, 1.54) is 38.8 Å². The molecule has 0 saturated carbocycles. The van der Waals surface area contributed by atoms with Gasteiger partial charge in [-0.15, -0.1) is 0 Å². The lowest BCUT2D eigenvalue weighted by Crippen LogP contribution is -2.58. The van der Waals surface area contributed by atoms with Gasteiger partial charge in [-0.2, -0.15) is 0 Å². The number of carbonyl (C=O) groups is 7. The number of likely N-dealkylation sites (N-methyl/N-ethyl adjacent to an activating group) is 1. The summed E-state index contributed by atoms with van der Waals surface area (Å²) in [7, 11) is 1.42. The number of benzene rings is 2. The van der Waals surface area contributed by atoms with E-state index in [1.54, 1.807) is 35.4 Å². The van der Waals surface area contributed by atoms with Gasteiger partial charge in [0.15, 0.2) is 5.96 Å². The minimum Gasteiger partial charge on any atom is -0.508 e. The highest BCUT2D eigenvalue weighted by Gasteiger charge is 2.34. The predicted molar refractivity (Wildman–Crippen MR) is 280 cm³/mol. The molecule has 7 amide bonds. The maximum absolute atomic E-state index is 14.1. The van der Waals surface area contributed by atoms with Crippen LogP contribution in [0.5, 0.6) is 5.75 Å². The SMILES string of the molecule is CC[C@H](C)[C@H](NC(C)=O)C(=O)N[C@@H](CCCCN)C(=O)N1CCN(c2ccc3ncn(CC(=O)N[C@@H](CCCNC(=N)N)C(=O)N[C@@H](Cc4c[nH]cn4)C(=O)NC(Cc4ccc(O)cc4)C(=O)NC)c(=O)c3c2)CC1. The monoisotopic (exact) mass is 1040 g/mol. The lowest BCUT2D eigenvalue weighted by Gasteiger charge is -2.38. The fraction of sp³-hybridized carbons (Fsp3) is 0.500. The van der Waals surface area contributed by atoms with Gasteiger partial charge in [0, 0.05) is 71.4 Å². The van der Waals surface area contributed by atoms with E-state index in [1.807, 2.05) is 24.8 Å². The van der Waals surface area contributed by atoms with Crippen LogP contribution < -0.4 is 59.1 Å². The van der Waals surface area contributed by atoms with Gasteiger partial charge in [-0.1, -0.05) is 32.4 Å². The van der Waals surface area contributed by atoms with Crippen LogP contribution in [0.1, 0.15) is 70.6 Å². The van der Waals surface area contributed by atoms with Crippen molar-refractivity contribution in [3.8, 4) is 5.75 Å². The third kappa shape index (κ3) is 17.3. The number of phenolic OH excluding ortho intramolecular Hbond substituents is 1. The maximum atomic E-state index is 14.1. The Bertz CT molecular complexity index is 2660. The minimum atomic E-state index is -1.28. The number of fused-ring (bicyclic) bond motifs is 1. The van der Waals surface area contributed by atoms with Crippen LogP contribution in [0.15, 0.2) is 66.1 Å². The minimum absolute atomic E-state index is 0.0181. The quantitative estimate of drug-likeness (QED) is 0.0185. The van der Waals surface area contributed by atoms with Gasteiger partial charge in [-0.25, -0.2) is 9.97 Å². The number of guanidine groups is 1. The van der Waals surface area contributed by atoms with Gasteiger partial charge < -0.3 is 68.6 Å². The molecule has 25 heteroatoms. The molecule has 0 bridgehead atoms. The molecule has 14 N–H and O–H groups in total. The number of amides is 7. The molecule has 2 aromatic heterocycles. The van der Waals surface area contributed by atoms with Crippen molar-refractivity contribution in [2.45, 2.75) is 109 Å². The van der Waals surface area contributed by atoms with Crippen LogP contribution >= 0.6 is 0 Å². The summed E-state index contributed by atoms with van der Waals surface area (Å²) in [4.78, 5) is 123. The molecule has 406 valence electrons. The number of anilines is 1. The third-order valence-corrected chi connectivity index (χ3v) is 13.0. The number of H-pyrrole nitrogens is 1. The molecule has 1 aliphatic rings. The molecule has 4 aromatic rings. The number of hydrogen-bond acceptors (Lipinski definition) is 14. The Morgan fingerprint density at radius 2 is 1.48 bits per heavy atom. The van der Waals surface area contributed by atoms with Crippen molar-refractivity contribution >= 4 is 63.9 Å². The van der Waals surface area contributed by atoms with Gasteiger partial charge in [-0.3, -0.25) is 48.3 Å². The number of aromatic hydroxyl groups is 1. The first-order valence-electron chi connectivity index (χ1n) is 25.2. The third-order valence-electron chi connectivity index (χ3n) is 13.0. The summed E-state index contributed by atoms with van der Waals surface area (Å²) in [6, 6.07) is 6.07. The Hall–Kier alpha value is -8.09. The number of nitrogens with two attached hydrogens (primary N) is 2. The number of piperazine rings is 1. The summed E-state index contributed by atoms with van der Waals surface area (Å²) in [5, 5.41) is 36.4. The van der Waals surface area contributed by atoms with Crippen LogP contribution in [0, 0.1) is 11.3 Å². The summed E-state index contributed by atoms with van der Waals surface area (Å²) in [6.07, 6.45) is 6.70. The molecule has 1 unspecified atom stereocenters. The van der Waals surface area contributed by atoms with Crippen LogP contribution in [0.3, 0.4) is 0 Å². The zero-order chi connectivity index (χ0) is 54.6. The zero-order valence-corrected chi connectivity index (χ0v) is 42.9. The molecule has 1 fully saturated rings. The number of phenols is 1. The Morgan fingerprint density at radius 3 is 2.11 bits per heavy atom. The Balaban J connectivity index is 1.28. The zero-order valence-electron chi connectivity index (χ0n) is 42.9. The van der Waals surface area contributed by atoms with Crippen molar-refractivity contribution in [2.24, 2.45) is 17.4 Å². The van der Waals surface area contributed by atoms with E-state index in [-0.39, 0.29) is 67.1 Å². The smallest absolute Gasteiger partial charge is 0.261 e. The summed E-state index contributed by atoms with van der Waals surface area (Å²) >= 11 is 0. The Labute approximate surface area is 434 Å². The van der Waals surface area contributed by atoms with Gasteiger partial charge in [0.05, 0.1) is 29.3 Å². The fourth-order valence-electron chi connectivity index (χ4n) is 8.60. The molecular formula is C50H72N16O9. The number of nitrogens with one attached hydrogen (secondary N) is 9.